The van der Waals surface area contributed by atoms with Gasteiger partial charge in [0, 0.05) is 10.2 Å². The lowest BCUT2D eigenvalue weighted by Crippen LogP contribution is -2.08. The molecule has 2 aromatic carbocycles. The van der Waals surface area contributed by atoms with Crippen LogP contribution >= 0.6 is 15.9 Å². The maximum atomic E-state index is 11.8. The van der Waals surface area contributed by atoms with Crippen molar-refractivity contribution in [2.75, 3.05) is 12.3 Å². The number of nitrogens with two attached hydrogens (primary N) is 1. The Bertz CT molecular complexity index is 671. The highest BCUT2D eigenvalue weighted by Gasteiger charge is 2.12. The van der Waals surface area contributed by atoms with Crippen LogP contribution in [0.5, 0.6) is 11.5 Å². The van der Waals surface area contributed by atoms with E-state index in [4.69, 9.17) is 15.2 Å². The fourth-order valence-corrected chi connectivity index (χ4v) is 2.05. The summed E-state index contributed by atoms with van der Waals surface area (Å²) in [5, 5.41) is 0. The molecule has 0 fully saturated rings. The number of esters is 1. The predicted molar refractivity (Wildman–Crippen MR) is 85.8 cm³/mol. The first kappa shape index (κ1) is 15.4. The molecular formula is C16H16BrNO3. The van der Waals surface area contributed by atoms with E-state index in [-0.39, 0.29) is 0 Å². The van der Waals surface area contributed by atoms with Crippen molar-refractivity contribution in [1.82, 2.24) is 0 Å². The van der Waals surface area contributed by atoms with Gasteiger partial charge in [-0.2, -0.15) is 0 Å². The number of hydrogen-bond acceptors (Lipinski definition) is 4. The molecule has 0 atom stereocenters. The number of carbonyl (C=O) groups excluding carboxylic acids is 1. The summed E-state index contributed by atoms with van der Waals surface area (Å²) >= 11 is 3.44. The number of hydrogen-bond donors (Lipinski definition) is 1. The number of nitrogen functional groups attached to an aromatic ring is 1. The van der Waals surface area contributed by atoms with Gasteiger partial charge in [-0.3, -0.25) is 0 Å². The molecular weight excluding hydrogens is 334 g/mol. The van der Waals surface area contributed by atoms with Crippen LogP contribution in [0.2, 0.25) is 0 Å². The molecule has 2 rings (SSSR count). The van der Waals surface area contributed by atoms with Gasteiger partial charge >= 0.3 is 5.97 Å². The van der Waals surface area contributed by atoms with Crippen molar-refractivity contribution in [3.05, 3.63) is 52.0 Å². The third kappa shape index (κ3) is 3.76. The Kier molecular flexibility index (Phi) is 4.85. The first-order valence-corrected chi connectivity index (χ1v) is 7.31. The van der Waals surface area contributed by atoms with Crippen LogP contribution in [0, 0.1) is 6.92 Å². The molecule has 0 aliphatic rings. The van der Waals surface area contributed by atoms with Gasteiger partial charge in [-0.05, 0) is 55.8 Å². The lowest BCUT2D eigenvalue weighted by molar-refractivity contribution is 0.0527. The summed E-state index contributed by atoms with van der Waals surface area (Å²) in [7, 11) is 0. The Balaban J connectivity index is 2.26. The fraction of sp³-hybridized carbons (Fsp3) is 0.188. The predicted octanol–water partition coefficient (Wildman–Crippen LogP) is 4.31. The zero-order valence-electron chi connectivity index (χ0n) is 11.9. The average molecular weight is 350 g/mol. The van der Waals surface area contributed by atoms with Crippen LogP contribution < -0.4 is 10.5 Å². The number of carbonyl (C=O) groups is 1. The van der Waals surface area contributed by atoms with Crippen molar-refractivity contribution in [3.8, 4) is 11.5 Å². The van der Waals surface area contributed by atoms with E-state index >= 15 is 0 Å². The van der Waals surface area contributed by atoms with E-state index in [0.29, 0.717) is 29.4 Å². The summed E-state index contributed by atoms with van der Waals surface area (Å²) < 4.78 is 11.7. The molecule has 0 amide bonds. The van der Waals surface area contributed by atoms with Gasteiger partial charge in [-0.25, -0.2) is 4.79 Å². The number of aryl methyl sites for hydroxylation is 1. The van der Waals surface area contributed by atoms with E-state index in [2.05, 4.69) is 15.9 Å². The highest BCUT2D eigenvalue weighted by Crippen LogP contribution is 2.28. The second kappa shape index (κ2) is 6.63. The molecule has 0 bridgehead atoms. The summed E-state index contributed by atoms with van der Waals surface area (Å²) in [4.78, 5) is 11.8. The molecule has 21 heavy (non-hydrogen) atoms. The molecule has 0 saturated carbocycles. The molecule has 0 heterocycles. The third-order valence-corrected chi connectivity index (χ3v) is 3.77. The van der Waals surface area contributed by atoms with E-state index in [1.807, 2.05) is 25.1 Å². The molecule has 0 unspecified atom stereocenters. The summed E-state index contributed by atoms with van der Waals surface area (Å²) in [6, 6.07) is 10.6. The standard InChI is InChI=1S/C16H16BrNO3/c1-3-20-16(19)13-9-12(5-7-15(13)18)21-11-4-6-14(17)10(2)8-11/h4-9H,3,18H2,1-2H3. The Morgan fingerprint density at radius 1 is 1.19 bits per heavy atom. The van der Waals surface area contributed by atoms with Gasteiger partial charge in [-0.15, -0.1) is 0 Å². The van der Waals surface area contributed by atoms with Crippen molar-refractivity contribution < 1.29 is 14.3 Å². The van der Waals surface area contributed by atoms with Crippen molar-refractivity contribution in [1.29, 1.82) is 0 Å². The van der Waals surface area contributed by atoms with Gasteiger partial charge in [0.15, 0.2) is 0 Å². The highest BCUT2D eigenvalue weighted by molar-refractivity contribution is 9.10. The first-order chi connectivity index (χ1) is 10.0. The summed E-state index contributed by atoms with van der Waals surface area (Å²) in [5.41, 5.74) is 7.54. The van der Waals surface area contributed by atoms with Crippen molar-refractivity contribution in [3.63, 3.8) is 0 Å². The van der Waals surface area contributed by atoms with Crippen molar-refractivity contribution in [2.24, 2.45) is 0 Å². The number of rotatable bonds is 4. The monoisotopic (exact) mass is 349 g/mol. The molecule has 4 nitrogen and oxygen atoms in total. The molecule has 0 radical (unpaired) electrons. The SMILES string of the molecule is CCOC(=O)c1cc(Oc2ccc(Br)c(C)c2)ccc1N. The first-order valence-electron chi connectivity index (χ1n) is 6.52. The second-order valence-electron chi connectivity index (χ2n) is 4.48. The van der Waals surface area contributed by atoms with Crippen LogP contribution in [0.4, 0.5) is 5.69 Å². The molecule has 110 valence electrons. The van der Waals surface area contributed by atoms with Crippen LogP contribution in [-0.4, -0.2) is 12.6 Å². The van der Waals surface area contributed by atoms with Gasteiger partial charge in [-0.1, -0.05) is 15.9 Å². The topological polar surface area (TPSA) is 61.5 Å². The smallest absolute Gasteiger partial charge is 0.340 e. The molecule has 2 N–H and O–H groups in total. The van der Waals surface area contributed by atoms with Crippen LogP contribution in [0.15, 0.2) is 40.9 Å². The van der Waals surface area contributed by atoms with Crippen LogP contribution in [0.25, 0.3) is 0 Å². The minimum absolute atomic E-state index is 0.301. The zero-order chi connectivity index (χ0) is 15.4. The van der Waals surface area contributed by atoms with E-state index in [9.17, 15) is 4.79 Å². The van der Waals surface area contributed by atoms with E-state index in [1.165, 1.54) is 0 Å². The number of anilines is 1. The maximum absolute atomic E-state index is 11.8. The number of halogens is 1. The van der Waals surface area contributed by atoms with Crippen molar-refractivity contribution in [2.45, 2.75) is 13.8 Å². The molecule has 5 heteroatoms. The minimum Gasteiger partial charge on any atom is -0.462 e. The maximum Gasteiger partial charge on any atom is 0.340 e. The Morgan fingerprint density at radius 2 is 1.86 bits per heavy atom. The lowest BCUT2D eigenvalue weighted by atomic mass is 10.1. The normalized spacial score (nSPS) is 10.2. The molecule has 0 aliphatic heterocycles. The van der Waals surface area contributed by atoms with Crippen LogP contribution in [0.1, 0.15) is 22.8 Å². The fourth-order valence-electron chi connectivity index (χ4n) is 1.80. The molecule has 0 spiro atoms. The molecule has 0 aliphatic carbocycles. The minimum atomic E-state index is -0.451. The van der Waals surface area contributed by atoms with E-state index in [1.54, 1.807) is 25.1 Å². The van der Waals surface area contributed by atoms with Gasteiger partial charge in [0.25, 0.3) is 0 Å². The van der Waals surface area contributed by atoms with E-state index in [0.717, 1.165) is 10.0 Å². The molecule has 2 aromatic rings. The van der Waals surface area contributed by atoms with Gasteiger partial charge in [0.1, 0.15) is 11.5 Å². The number of ether oxygens (including phenoxy) is 2. The Labute approximate surface area is 132 Å². The Morgan fingerprint density at radius 3 is 2.52 bits per heavy atom. The summed E-state index contributed by atoms with van der Waals surface area (Å²) in [6.07, 6.45) is 0. The third-order valence-electron chi connectivity index (χ3n) is 2.89. The zero-order valence-corrected chi connectivity index (χ0v) is 13.4. The quantitative estimate of drug-likeness (QED) is 0.659. The van der Waals surface area contributed by atoms with Crippen LogP contribution in [-0.2, 0) is 4.74 Å². The van der Waals surface area contributed by atoms with Crippen LogP contribution in [0.3, 0.4) is 0 Å². The van der Waals surface area contributed by atoms with Crippen molar-refractivity contribution >= 4 is 27.6 Å². The lowest BCUT2D eigenvalue weighted by Gasteiger charge is -2.10. The number of benzene rings is 2. The summed E-state index contributed by atoms with van der Waals surface area (Å²) in [6.45, 7) is 4.03. The largest absolute Gasteiger partial charge is 0.462 e. The average Bonchev–Trinajstić information content (AvgIpc) is 2.45. The van der Waals surface area contributed by atoms with Gasteiger partial charge < -0.3 is 15.2 Å². The van der Waals surface area contributed by atoms with Gasteiger partial charge in [0.2, 0.25) is 0 Å². The second-order valence-corrected chi connectivity index (χ2v) is 5.34. The highest BCUT2D eigenvalue weighted by atomic mass is 79.9. The van der Waals surface area contributed by atoms with E-state index < -0.39 is 5.97 Å². The van der Waals surface area contributed by atoms with Gasteiger partial charge in [0.05, 0.1) is 12.2 Å². The molecule has 0 aromatic heterocycles. The molecule has 0 saturated heterocycles. The summed E-state index contributed by atoms with van der Waals surface area (Å²) in [5.74, 6) is 0.775. The Hall–Kier alpha value is -2.01.